The van der Waals surface area contributed by atoms with Gasteiger partial charge in [-0.15, -0.1) is 0 Å². The number of carbonyl (C=O) groups excluding carboxylic acids is 1. The zero-order chi connectivity index (χ0) is 20.5. The van der Waals surface area contributed by atoms with Gasteiger partial charge in [0.05, 0.1) is 18.4 Å². The number of carbonyl (C=O) groups is 1. The summed E-state index contributed by atoms with van der Waals surface area (Å²) in [7, 11) is 1.20. The van der Waals surface area contributed by atoms with E-state index in [0.717, 1.165) is 37.1 Å². The number of phenolic OH excluding ortho intramolecular Hbond substituents is 1. The molecule has 2 aromatic carbocycles. The Labute approximate surface area is 158 Å². The van der Waals surface area contributed by atoms with Crippen LogP contribution in [-0.4, -0.2) is 31.2 Å². The molecular weight excluding hydrogens is 380 g/mol. The number of rotatable bonds is 4. The van der Waals surface area contributed by atoms with Gasteiger partial charge in [0, 0.05) is 24.3 Å². The summed E-state index contributed by atoms with van der Waals surface area (Å²) in [5, 5.41) is 12.0. The maximum Gasteiger partial charge on any atom is 0.418 e. The van der Waals surface area contributed by atoms with Gasteiger partial charge < -0.3 is 20.1 Å². The van der Waals surface area contributed by atoms with Gasteiger partial charge in [0.2, 0.25) is 0 Å². The van der Waals surface area contributed by atoms with Crippen molar-refractivity contribution in [2.24, 2.45) is 0 Å². The summed E-state index contributed by atoms with van der Waals surface area (Å²) in [6.45, 7) is 1.00. The number of halogens is 4. The number of aromatic hydroxyl groups is 1. The third-order valence-electron chi connectivity index (χ3n) is 4.52. The van der Waals surface area contributed by atoms with Crippen LogP contribution in [-0.2, 0) is 6.18 Å². The van der Waals surface area contributed by atoms with E-state index in [-0.39, 0.29) is 22.7 Å². The minimum Gasteiger partial charge on any atom is -0.502 e. The van der Waals surface area contributed by atoms with Gasteiger partial charge in [0.25, 0.3) is 5.91 Å². The van der Waals surface area contributed by atoms with Gasteiger partial charge in [-0.25, -0.2) is 4.39 Å². The first-order valence-corrected chi connectivity index (χ1v) is 8.54. The summed E-state index contributed by atoms with van der Waals surface area (Å²) in [6, 6.07) is 5.29. The molecule has 2 N–H and O–H groups in total. The average molecular weight is 398 g/mol. The predicted octanol–water partition coefficient (Wildman–Crippen LogP) is 4.41. The van der Waals surface area contributed by atoms with Gasteiger partial charge in [0.15, 0.2) is 17.3 Å². The summed E-state index contributed by atoms with van der Waals surface area (Å²) in [6.07, 6.45) is -2.94. The van der Waals surface area contributed by atoms with Crippen LogP contribution in [0.5, 0.6) is 11.5 Å². The standard InChI is InChI=1S/C19H18F4N2O3/c1-28-16-9-11(8-14(20)17(16)26)18(27)24-12-4-5-13(19(21,22)23)15(10-12)25-6-2-3-7-25/h4-5,8-10,26H,2-3,6-7H2,1H3,(H,24,27). The number of nitrogens with one attached hydrogen (secondary N) is 1. The molecule has 0 bridgehead atoms. The van der Waals surface area contributed by atoms with Crippen molar-refractivity contribution in [3.8, 4) is 11.5 Å². The van der Waals surface area contributed by atoms with Crippen LogP contribution in [0, 0.1) is 5.82 Å². The van der Waals surface area contributed by atoms with Crippen molar-refractivity contribution in [2.75, 3.05) is 30.4 Å². The monoisotopic (exact) mass is 398 g/mol. The van der Waals surface area contributed by atoms with E-state index in [1.54, 1.807) is 4.90 Å². The fourth-order valence-electron chi connectivity index (χ4n) is 3.13. The minimum absolute atomic E-state index is 0.00253. The molecule has 0 unspecified atom stereocenters. The lowest BCUT2D eigenvalue weighted by atomic mass is 10.1. The molecule has 0 aliphatic carbocycles. The summed E-state index contributed by atoms with van der Waals surface area (Å²) < 4.78 is 58.5. The van der Waals surface area contributed by atoms with Gasteiger partial charge in [-0.2, -0.15) is 13.2 Å². The Bertz CT molecular complexity index is 893. The SMILES string of the molecule is COc1cc(C(=O)Nc2ccc(C(F)(F)F)c(N3CCCC3)c2)cc(F)c1O. The zero-order valence-electron chi connectivity index (χ0n) is 14.9. The number of anilines is 2. The van der Waals surface area contributed by atoms with Crippen LogP contribution in [0.2, 0.25) is 0 Å². The molecule has 0 atom stereocenters. The van der Waals surface area contributed by atoms with Crippen LogP contribution in [0.4, 0.5) is 28.9 Å². The molecule has 0 aromatic heterocycles. The third kappa shape index (κ3) is 3.97. The van der Waals surface area contributed by atoms with Crippen molar-refractivity contribution < 1.29 is 32.2 Å². The first kappa shape index (κ1) is 19.8. The number of phenols is 1. The normalized spacial score (nSPS) is 14.2. The maximum atomic E-state index is 13.7. The molecule has 1 amide bonds. The van der Waals surface area contributed by atoms with E-state index in [1.807, 2.05) is 0 Å². The van der Waals surface area contributed by atoms with E-state index < -0.39 is 29.2 Å². The highest BCUT2D eigenvalue weighted by Gasteiger charge is 2.35. The fourth-order valence-corrected chi connectivity index (χ4v) is 3.13. The van der Waals surface area contributed by atoms with Crippen molar-refractivity contribution in [1.82, 2.24) is 0 Å². The molecule has 0 radical (unpaired) electrons. The first-order chi connectivity index (χ1) is 13.2. The minimum atomic E-state index is -4.52. The third-order valence-corrected chi connectivity index (χ3v) is 4.52. The van der Waals surface area contributed by atoms with Crippen LogP contribution in [0.25, 0.3) is 0 Å². The van der Waals surface area contributed by atoms with E-state index in [9.17, 15) is 27.5 Å². The second-order valence-corrected chi connectivity index (χ2v) is 6.39. The molecule has 9 heteroatoms. The van der Waals surface area contributed by atoms with Crippen molar-refractivity contribution in [2.45, 2.75) is 19.0 Å². The molecule has 1 saturated heterocycles. The zero-order valence-corrected chi connectivity index (χ0v) is 14.9. The maximum absolute atomic E-state index is 13.7. The molecule has 1 aliphatic heterocycles. The van der Waals surface area contributed by atoms with Crippen LogP contribution in [0.3, 0.4) is 0 Å². The lowest BCUT2D eigenvalue weighted by Crippen LogP contribution is -2.22. The molecule has 1 heterocycles. The number of hydrogen-bond donors (Lipinski definition) is 2. The van der Waals surface area contributed by atoms with Crippen molar-refractivity contribution in [1.29, 1.82) is 0 Å². The number of ether oxygens (including phenoxy) is 1. The number of benzene rings is 2. The Balaban J connectivity index is 1.91. The lowest BCUT2D eigenvalue weighted by molar-refractivity contribution is -0.137. The molecule has 150 valence electrons. The molecular formula is C19H18F4N2O3. The molecule has 1 fully saturated rings. The van der Waals surface area contributed by atoms with E-state index in [4.69, 9.17) is 4.74 Å². The number of nitrogens with zero attached hydrogens (tertiary/aromatic N) is 1. The lowest BCUT2D eigenvalue weighted by Gasteiger charge is -2.23. The molecule has 5 nitrogen and oxygen atoms in total. The van der Waals surface area contributed by atoms with Crippen LogP contribution in [0.15, 0.2) is 30.3 Å². The number of amides is 1. The van der Waals surface area contributed by atoms with Crippen LogP contribution in [0.1, 0.15) is 28.8 Å². The number of hydrogen-bond acceptors (Lipinski definition) is 4. The number of methoxy groups -OCH3 is 1. The topological polar surface area (TPSA) is 61.8 Å². The number of alkyl halides is 3. The summed E-state index contributed by atoms with van der Waals surface area (Å²) in [5.74, 6) is -2.75. The molecule has 0 spiro atoms. The Morgan fingerprint density at radius 2 is 1.86 bits per heavy atom. The summed E-state index contributed by atoms with van der Waals surface area (Å²) in [4.78, 5) is 14.0. The second kappa shape index (κ2) is 7.57. The first-order valence-electron chi connectivity index (χ1n) is 8.54. The van der Waals surface area contributed by atoms with Gasteiger partial charge >= 0.3 is 6.18 Å². The highest BCUT2D eigenvalue weighted by Crippen LogP contribution is 2.39. The van der Waals surface area contributed by atoms with Gasteiger partial charge in [-0.1, -0.05) is 0 Å². The highest BCUT2D eigenvalue weighted by atomic mass is 19.4. The van der Waals surface area contributed by atoms with E-state index in [0.29, 0.717) is 13.1 Å². The summed E-state index contributed by atoms with van der Waals surface area (Å²) in [5.41, 5.74) is -0.774. The van der Waals surface area contributed by atoms with Gasteiger partial charge in [0.1, 0.15) is 0 Å². The Hall–Kier alpha value is -2.97. The Kier molecular flexibility index (Phi) is 5.35. The fraction of sp³-hybridized carbons (Fsp3) is 0.316. The van der Waals surface area contributed by atoms with Crippen molar-refractivity contribution >= 4 is 17.3 Å². The Morgan fingerprint density at radius 3 is 2.46 bits per heavy atom. The average Bonchev–Trinajstić information content (AvgIpc) is 3.17. The van der Waals surface area contributed by atoms with Gasteiger partial charge in [-0.05, 0) is 43.2 Å². The summed E-state index contributed by atoms with van der Waals surface area (Å²) >= 11 is 0. The molecule has 3 rings (SSSR count). The Morgan fingerprint density at radius 1 is 1.18 bits per heavy atom. The molecule has 28 heavy (non-hydrogen) atoms. The quantitative estimate of drug-likeness (QED) is 0.749. The van der Waals surface area contributed by atoms with Gasteiger partial charge in [-0.3, -0.25) is 4.79 Å². The molecule has 2 aromatic rings. The molecule has 0 saturated carbocycles. The predicted molar refractivity (Wildman–Crippen MR) is 95.5 cm³/mol. The largest absolute Gasteiger partial charge is 0.502 e. The van der Waals surface area contributed by atoms with E-state index in [2.05, 4.69) is 5.32 Å². The van der Waals surface area contributed by atoms with Crippen molar-refractivity contribution in [3.05, 3.63) is 47.3 Å². The smallest absolute Gasteiger partial charge is 0.418 e. The van der Waals surface area contributed by atoms with E-state index >= 15 is 0 Å². The van der Waals surface area contributed by atoms with E-state index in [1.165, 1.54) is 13.2 Å². The highest BCUT2D eigenvalue weighted by molar-refractivity contribution is 6.05. The molecule has 1 aliphatic rings. The van der Waals surface area contributed by atoms with Crippen molar-refractivity contribution in [3.63, 3.8) is 0 Å². The second-order valence-electron chi connectivity index (χ2n) is 6.39. The van der Waals surface area contributed by atoms with Crippen LogP contribution < -0.4 is 15.0 Å². The van der Waals surface area contributed by atoms with Crippen LogP contribution >= 0.6 is 0 Å².